The van der Waals surface area contributed by atoms with E-state index in [0.29, 0.717) is 5.92 Å². The minimum absolute atomic E-state index is 0.00515. The van der Waals surface area contributed by atoms with Gasteiger partial charge in [0.25, 0.3) is 0 Å². The summed E-state index contributed by atoms with van der Waals surface area (Å²) >= 11 is 1.28. The smallest absolute Gasteiger partial charge is 0.237 e. The van der Waals surface area contributed by atoms with Crippen LogP contribution in [0.3, 0.4) is 0 Å². The van der Waals surface area contributed by atoms with Crippen LogP contribution in [-0.4, -0.2) is 76.0 Å². The van der Waals surface area contributed by atoms with Crippen molar-refractivity contribution in [1.82, 2.24) is 10.6 Å². The average Bonchev–Trinajstić information content (AvgIpc) is 2.69. The summed E-state index contributed by atoms with van der Waals surface area (Å²) in [5.74, 6) is 0.534. The number of ether oxygens (including phenoxy) is 1. The Hall–Kier alpha value is -0.380. The molecule has 2 saturated heterocycles. The van der Waals surface area contributed by atoms with Crippen LogP contribution in [0.1, 0.15) is 52.9 Å². The number of nitrogens with one attached hydrogen (secondary N) is 2. The van der Waals surface area contributed by atoms with Gasteiger partial charge in [0, 0.05) is 0 Å². The second kappa shape index (κ2) is 11.1. The molecule has 0 spiro atoms. The van der Waals surface area contributed by atoms with Gasteiger partial charge in [0.05, 0.1) is 12.1 Å². The summed E-state index contributed by atoms with van der Waals surface area (Å²) in [6, 6.07) is -0.703. The van der Waals surface area contributed by atoms with Crippen molar-refractivity contribution in [3.8, 4) is 0 Å². The van der Waals surface area contributed by atoms with Crippen LogP contribution >= 0.6 is 11.8 Å². The first-order valence-corrected chi connectivity index (χ1v) is 11.8. The van der Waals surface area contributed by atoms with Crippen LogP contribution in [0.4, 0.5) is 0 Å². The van der Waals surface area contributed by atoms with Crippen molar-refractivity contribution in [2.45, 2.75) is 94.8 Å². The van der Waals surface area contributed by atoms with Gasteiger partial charge in [-0.2, -0.15) is 0 Å². The number of piperidine rings is 1. The van der Waals surface area contributed by atoms with E-state index >= 15 is 0 Å². The van der Waals surface area contributed by atoms with Gasteiger partial charge in [-0.1, -0.05) is 33.6 Å². The zero-order valence-corrected chi connectivity index (χ0v) is 18.3. The van der Waals surface area contributed by atoms with E-state index in [9.17, 15) is 20.1 Å². The number of thioether (sulfide) groups is 1. The molecule has 2 aliphatic rings. The Morgan fingerprint density at radius 2 is 1.93 bits per heavy atom. The van der Waals surface area contributed by atoms with Crippen molar-refractivity contribution in [2.24, 2.45) is 11.8 Å². The number of hydrogen-bond donors (Lipinski definition) is 5. The first kappa shape index (κ1) is 23.9. The van der Waals surface area contributed by atoms with Crippen molar-refractivity contribution in [2.75, 3.05) is 12.8 Å². The summed E-state index contributed by atoms with van der Waals surface area (Å²) in [5.41, 5.74) is -0.645. The predicted molar refractivity (Wildman–Crippen MR) is 111 cm³/mol. The minimum atomic E-state index is -1.30. The van der Waals surface area contributed by atoms with Gasteiger partial charge in [-0.05, 0) is 43.9 Å². The zero-order chi connectivity index (χ0) is 20.8. The molecular formula is C20H38N2O5S. The normalized spacial score (nSPS) is 37.6. The maximum Gasteiger partial charge on any atom is 0.237 e. The molecule has 2 aliphatic heterocycles. The number of aliphatic hydroxyl groups excluding tert-OH is 3. The molecule has 164 valence electrons. The number of hydrogen-bond acceptors (Lipinski definition) is 7. The summed E-state index contributed by atoms with van der Waals surface area (Å²) in [5, 5.41) is 37.1. The zero-order valence-electron chi connectivity index (χ0n) is 17.5. The molecule has 2 rings (SSSR count). The minimum Gasteiger partial charge on any atom is -0.388 e. The van der Waals surface area contributed by atoms with Gasteiger partial charge < -0.3 is 30.7 Å². The Labute approximate surface area is 173 Å². The second-order valence-corrected chi connectivity index (χ2v) is 9.44. The lowest BCUT2D eigenvalue weighted by Crippen LogP contribution is -2.65. The molecule has 1 unspecified atom stereocenters. The average molecular weight is 419 g/mol. The molecule has 0 bridgehead atoms. The summed E-state index contributed by atoms with van der Waals surface area (Å²) in [6.07, 6.45) is 2.73. The lowest BCUT2D eigenvalue weighted by molar-refractivity contribution is -0.208. The molecule has 8 heteroatoms. The highest BCUT2D eigenvalue weighted by Crippen LogP contribution is 2.30. The van der Waals surface area contributed by atoms with Gasteiger partial charge in [-0.15, -0.1) is 11.8 Å². The summed E-state index contributed by atoms with van der Waals surface area (Å²) in [6.45, 7) is 6.94. The molecule has 7 nitrogen and oxygen atoms in total. The Morgan fingerprint density at radius 3 is 2.46 bits per heavy atom. The molecule has 0 aliphatic carbocycles. The van der Waals surface area contributed by atoms with E-state index in [1.807, 2.05) is 13.8 Å². The molecule has 2 heterocycles. The summed E-state index contributed by atoms with van der Waals surface area (Å²) in [4.78, 5) is 12.9. The van der Waals surface area contributed by atoms with Gasteiger partial charge in [-0.3, -0.25) is 4.79 Å². The topological polar surface area (TPSA) is 111 Å². The number of amides is 1. The van der Waals surface area contributed by atoms with Crippen molar-refractivity contribution in [3.63, 3.8) is 0 Å². The van der Waals surface area contributed by atoms with E-state index in [-0.39, 0.29) is 17.9 Å². The Bertz CT molecular complexity index is 485. The Balaban J connectivity index is 1.98. The maximum atomic E-state index is 12.9. The predicted octanol–water partition coefficient (Wildman–Crippen LogP) is 0.856. The van der Waals surface area contributed by atoms with E-state index in [1.165, 1.54) is 31.0 Å². The SMILES string of the molecule is CCCCC1CC[C@@H](C(=O)N[C@H](C(C)C)[C@H]2O[C@H](SC)[C@H](O)[C@@H](O)[C@H]2O)NC1. The molecule has 0 aromatic heterocycles. The Kier molecular flexibility index (Phi) is 9.50. The molecule has 28 heavy (non-hydrogen) atoms. The van der Waals surface area contributed by atoms with E-state index in [0.717, 1.165) is 19.4 Å². The van der Waals surface area contributed by atoms with Gasteiger partial charge in [-0.25, -0.2) is 0 Å². The third-order valence-electron chi connectivity index (χ3n) is 6.02. The fraction of sp³-hybridized carbons (Fsp3) is 0.950. The van der Waals surface area contributed by atoms with Crippen LogP contribution in [0.15, 0.2) is 0 Å². The largest absolute Gasteiger partial charge is 0.388 e. The van der Waals surface area contributed by atoms with Crippen LogP contribution in [0, 0.1) is 11.8 Å². The third kappa shape index (κ3) is 5.83. The van der Waals surface area contributed by atoms with Crippen LogP contribution in [-0.2, 0) is 9.53 Å². The lowest BCUT2D eigenvalue weighted by Gasteiger charge is -2.44. The van der Waals surface area contributed by atoms with Crippen LogP contribution in [0.5, 0.6) is 0 Å². The highest BCUT2D eigenvalue weighted by atomic mass is 32.2. The Morgan fingerprint density at radius 1 is 1.21 bits per heavy atom. The number of aliphatic hydroxyl groups is 3. The van der Waals surface area contributed by atoms with Crippen LogP contribution in [0.25, 0.3) is 0 Å². The fourth-order valence-electron chi connectivity index (χ4n) is 4.14. The van der Waals surface area contributed by atoms with Crippen molar-refractivity contribution < 1.29 is 24.9 Å². The number of unbranched alkanes of at least 4 members (excludes halogenated alkanes) is 1. The molecule has 0 aromatic rings. The highest BCUT2D eigenvalue weighted by molar-refractivity contribution is 7.99. The molecule has 8 atom stereocenters. The van der Waals surface area contributed by atoms with Gasteiger partial charge >= 0.3 is 0 Å². The quantitative estimate of drug-likeness (QED) is 0.397. The van der Waals surface area contributed by atoms with E-state index in [1.54, 1.807) is 6.26 Å². The molecule has 0 saturated carbocycles. The molecule has 1 amide bonds. The number of carbonyl (C=O) groups is 1. The molecule has 2 fully saturated rings. The van der Waals surface area contributed by atoms with Crippen LogP contribution in [0.2, 0.25) is 0 Å². The van der Waals surface area contributed by atoms with Crippen LogP contribution < -0.4 is 10.6 Å². The standard InChI is InChI=1S/C20H38N2O5S/c1-5-6-7-12-8-9-13(21-10-12)19(26)22-14(11(2)3)18-16(24)15(23)17(25)20(27-18)28-4/h11-18,20-21,23-25H,5-10H2,1-4H3,(H,22,26)/t12?,13-,14+,15-,16+,17+,18+,20+/m0/s1. The van der Waals surface area contributed by atoms with Gasteiger partial charge in [0.15, 0.2) is 0 Å². The van der Waals surface area contributed by atoms with E-state index in [2.05, 4.69) is 17.6 Å². The summed E-state index contributed by atoms with van der Waals surface area (Å²) < 4.78 is 5.87. The third-order valence-corrected chi connectivity index (χ3v) is 6.87. The van der Waals surface area contributed by atoms with Crippen molar-refractivity contribution >= 4 is 17.7 Å². The van der Waals surface area contributed by atoms with Gasteiger partial charge in [0.2, 0.25) is 5.91 Å². The molecular weight excluding hydrogens is 380 g/mol. The van der Waals surface area contributed by atoms with Gasteiger partial charge in [0.1, 0.15) is 29.9 Å². The first-order valence-electron chi connectivity index (χ1n) is 10.6. The molecule has 0 radical (unpaired) electrons. The maximum absolute atomic E-state index is 12.9. The number of carbonyl (C=O) groups excluding carboxylic acids is 1. The monoisotopic (exact) mass is 418 g/mol. The van der Waals surface area contributed by atoms with Crippen molar-refractivity contribution in [1.29, 1.82) is 0 Å². The molecule has 5 N–H and O–H groups in total. The second-order valence-electron chi connectivity index (χ2n) is 8.50. The van der Waals surface area contributed by atoms with Crippen molar-refractivity contribution in [3.05, 3.63) is 0 Å². The highest BCUT2D eigenvalue weighted by Gasteiger charge is 2.47. The first-order chi connectivity index (χ1) is 13.3. The molecule has 0 aromatic carbocycles. The summed E-state index contributed by atoms with van der Waals surface area (Å²) in [7, 11) is 0. The van der Waals surface area contributed by atoms with E-state index in [4.69, 9.17) is 4.74 Å². The number of rotatable bonds is 8. The fourth-order valence-corrected chi connectivity index (χ4v) is 4.82. The van der Waals surface area contributed by atoms with E-state index < -0.39 is 35.9 Å². The lowest BCUT2D eigenvalue weighted by atomic mass is 9.87.